The number of nitrogen functional groups attached to an aromatic ring is 1. The van der Waals surface area contributed by atoms with Gasteiger partial charge < -0.3 is 10.5 Å². The van der Waals surface area contributed by atoms with E-state index in [1.54, 1.807) is 0 Å². The lowest BCUT2D eigenvalue weighted by Crippen LogP contribution is -2.19. The molecule has 2 heterocycles. The molecule has 1 aliphatic rings. The summed E-state index contributed by atoms with van der Waals surface area (Å²) in [5.74, 6) is 0. The third kappa shape index (κ3) is 1.78. The van der Waals surface area contributed by atoms with Crippen LogP contribution < -0.4 is 5.73 Å². The maximum atomic E-state index is 5.96. The molecule has 1 atom stereocenters. The summed E-state index contributed by atoms with van der Waals surface area (Å²) in [6.45, 7) is 2.84. The van der Waals surface area contributed by atoms with E-state index in [9.17, 15) is 0 Å². The Morgan fingerprint density at radius 1 is 1.41 bits per heavy atom. The summed E-state index contributed by atoms with van der Waals surface area (Å²) in [5.41, 5.74) is 8.94. The zero-order chi connectivity index (χ0) is 11.8. The number of aryl methyl sites for hydroxylation is 1. The van der Waals surface area contributed by atoms with Gasteiger partial charge in [-0.3, -0.25) is 0 Å². The fourth-order valence-corrected chi connectivity index (χ4v) is 2.37. The quantitative estimate of drug-likeness (QED) is 0.767. The van der Waals surface area contributed by atoms with E-state index in [2.05, 4.69) is 11.2 Å². The van der Waals surface area contributed by atoms with Gasteiger partial charge >= 0.3 is 0 Å². The number of fused-ring (bicyclic) bond motifs is 1. The molecule has 1 unspecified atom stereocenters. The van der Waals surface area contributed by atoms with E-state index in [-0.39, 0.29) is 6.23 Å². The summed E-state index contributed by atoms with van der Waals surface area (Å²) in [7, 11) is 0. The van der Waals surface area contributed by atoms with Gasteiger partial charge in [-0.05, 0) is 43.9 Å². The Labute approximate surface area is 100 Å². The molecule has 90 valence electrons. The van der Waals surface area contributed by atoms with Crippen LogP contribution >= 0.6 is 0 Å². The van der Waals surface area contributed by atoms with Crippen molar-refractivity contribution in [2.24, 2.45) is 0 Å². The average Bonchev–Trinajstić information content (AvgIpc) is 2.74. The molecule has 1 fully saturated rings. The van der Waals surface area contributed by atoms with Crippen molar-refractivity contribution >= 4 is 16.6 Å². The van der Waals surface area contributed by atoms with Gasteiger partial charge in [-0.25, -0.2) is 4.68 Å². The molecule has 1 aromatic heterocycles. The van der Waals surface area contributed by atoms with Gasteiger partial charge in [-0.2, -0.15) is 5.10 Å². The van der Waals surface area contributed by atoms with Crippen LogP contribution in [0.4, 0.5) is 5.69 Å². The second kappa shape index (κ2) is 4.04. The Morgan fingerprint density at radius 2 is 2.29 bits per heavy atom. The van der Waals surface area contributed by atoms with Crippen LogP contribution in [0.2, 0.25) is 0 Å². The standard InChI is InChI=1S/C13H17N3O/c1-9-6-10-8-15-16(12(10)7-11(9)14)13-4-2-3-5-17-13/h6-8,13H,2-5,14H2,1H3. The van der Waals surface area contributed by atoms with Gasteiger partial charge in [-0.1, -0.05) is 0 Å². The number of nitrogens with two attached hydrogens (primary N) is 1. The highest BCUT2D eigenvalue weighted by Crippen LogP contribution is 2.28. The minimum Gasteiger partial charge on any atom is -0.398 e. The lowest BCUT2D eigenvalue weighted by molar-refractivity contribution is -0.0366. The number of nitrogens with zero attached hydrogens (tertiary/aromatic N) is 2. The van der Waals surface area contributed by atoms with Crippen molar-refractivity contribution in [3.05, 3.63) is 23.9 Å². The third-order valence-corrected chi connectivity index (χ3v) is 3.41. The van der Waals surface area contributed by atoms with Crippen LogP contribution in [0.3, 0.4) is 0 Å². The van der Waals surface area contributed by atoms with Gasteiger partial charge in [0.15, 0.2) is 6.23 Å². The molecule has 4 heteroatoms. The van der Waals surface area contributed by atoms with Crippen molar-refractivity contribution in [2.45, 2.75) is 32.4 Å². The minimum atomic E-state index is 0.0726. The van der Waals surface area contributed by atoms with E-state index in [0.29, 0.717) is 0 Å². The normalized spacial score (nSPS) is 20.9. The van der Waals surface area contributed by atoms with Gasteiger partial charge in [0.2, 0.25) is 0 Å². The Morgan fingerprint density at radius 3 is 3.06 bits per heavy atom. The summed E-state index contributed by atoms with van der Waals surface area (Å²) in [6.07, 6.45) is 5.34. The van der Waals surface area contributed by atoms with Crippen molar-refractivity contribution in [1.82, 2.24) is 9.78 Å². The molecule has 1 aromatic carbocycles. The zero-order valence-corrected chi connectivity index (χ0v) is 10.0. The van der Waals surface area contributed by atoms with Crippen molar-refractivity contribution in [3.8, 4) is 0 Å². The molecule has 3 rings (SSSR count). The van der Waals surface area contributed by atoms with E-state index in [0.717, 1.165) is 41.6 Å². The minimum absolute atomic E-state index is 0.0726. The van der Waals surface area contributed by atoms with E-state index in [1.165, 1.54) is 6.42 Å². The molecule has 0 radical (unpaired) electrons. The Balaban J connectivity index is 2.07. The predicted octanol–water partition coefficient (Wildman–Crippen LogP) is 2.63. The highest BCUT2D eigenvalue weighted by atomic mass is 16.5. The van der Waals surface area contributed by atoms with E-state index in [1.807, 2.05) is 23.9 Å². The SMILES string of the molecule is Cc1cc2cnn(C3CCCCO3)c2cc1N. The molecule has 0 spiro atoms. The Hall–Kier alpha value is -1.55. The topological polar surface area (TPSA) is 53.1 Å². The predicted molar refractivity (Wildman–Crippen MR) is 67.7 cm³/mol. The lowest BCUT2D eigenvalue weighted by Gasteiger charge is -2.23. The van der Waals surface area contributed by atoms with Gasteiger partial charge in [-0.15, -0.1) is 0 Å². The van der Waals surface area contributed by atoms with Crippen molar-refractivity contribution in [3.63, 3.8) is 0 Å². The number of anilines is 1. The molecule has 0 saturated carbocycles. The second-order valence-electron chi connectivity index (χ2n) is 4.68. The first-order valence-electron chi connectivity index (χ1n) is 6.10. The summed E-state index contributed by atoms with van der Waals surface area (Å²) < 4.78 is 7.72. The molecule has 1 saturated heterocycles. The molecule has 0 bridgehead atoms. The van der Waals surface area contributed by atoms with Crippen molar-refractivity contribution in [2.75, 3.05) is 12.3 Å². The molecule has 1 aliphatic heterocycles. The van der Waals surface area contributed by atoms with Crippen LogP contribution in [0.1, 0.15) is 31.1 Å². The van der Waals surface area contributed by atoms with Crippen LogP contribution in [-0.4, -0.2) is 16.4 Å². The number of hydrogen-bond donors (Lipinski definition) is 1. The van der Waals surface area contributed by atoms with Gasteiger partial charge in [0, 0.05) is 17.7 Å². The largest absolute Gasteiger partial charge is 0.398 e. The number of benzene rings is 1. The van der Waals surface area contributed by atoms with Crippen LogP contribution in [0.5, 0.6) is 0 Å². The first kappa shape index (κ1) is 10.6. The van der Waals surface area contributed by atoms with Crippen molar-refractivity contribution < 1.29 is 4.74 Å². The fourth-order valence-electron chi connectivity index (χ4n) is 2.37. The van der Waals surface area contributed by atoms with Gasteiger partial charge in [0.1, 0.15) is 0 Å². The highest BCUT2D eigenvalue weighted by Gasteiger charge is 2.18. The monoisotopic (exact) mass is 231 g/mol. The molecule has 2 aromatic rings. The van der Waals surface area contributed by atoms with Crippen LogP contribution in [0, 0.1) is 6.92 Å². The zero-order valence-electron chi connectivity index (χ0n) is 10.0. The van der Waals surface area contributed by atoms with Crippen molar-refractivity contribution in [1.29, 1.82) is 0 Å². The molecule has 0 aliphatic carbocycles. The molecule has 0 amide bonds. The average molecular weight is 231 g/mol. The number of hydrogen-bond acceptors (Lipinski definition) is 3. The maximum Gasteiger partial charge on any atom is 0.150 e. The molecule has 17 heavy (non-hydrogen) atoms. The maximum absolute atomic E-state index is 5.96. The first-order valence-corrected chi connectivity index (χ1v) is 6.10. The number of rotatable bonds is 1. The Bertz CT molecular complexity index is 541. The van der Waals surface area contributed by atoms with E-state index >= 15 is 0 Å². The van der Waals surface area contributed by atoms with Crippen LogP contribution in [0.25, 0.3) is 10.9 Å². The summed E-state index contributed by atoms with van der Waals surface area (Å²) in [5, 5.41) is 5.57. The Kier molecular flexibility index (Phi) is 2.52. The summed E-state index contributed by atoms with van der Waals surface area (Å²) >= 11 is 0. The van der Waals surface area contributed by atoms with Gasteiger partial charge in [0.25, 0.3) is 0 Å². The van der Waals surface area contributed by atoms with Gasteiger partial charge in [0.05, 0.1) is 11.7 Å². The number of aromatic nitrogens is 2. The summed E-state index contributed by atoms with van der Waals surface area (Å²) in [6, 6.07) is 4.08. The summed E-state index contributed by atoms with van der Waals surface area (Å²) in [4.78, 5) is 0. The van der Waals surface area contributed by atoms with E-state index < -0.39 is 0 Å². The molecule has 2 N–H and O–H groups in total. The molecular weight excluding hydrogens is 214 g/mol. The lowest BCUT2D eigenvalue weighted by atomic mass is 10.1. The molecule has 4 nitrogen and oxygen atoms in total. The molecular formula is C13H17N3O. The third-order valence-electron chi connectivity index (χ3n) is 3.41. The second-order valence-corrected chi connectivity index (χ2v) is 4.68. The van der Waals surface area contributed by atoms with Crippen LogP contribution in [-0.2, 0) is 4.74 Å². The first-order chi connectivity index (χ1) is 8.25. The fraction of sp³-hybridized carbons (Fsp3) is 0.462. The smallest absolute Gasteiger partial charge is 0.150 e. The highest BCUT2D eigenvalue weighted by molar-refractivity contribution is 5.83. The number of ether oxygens (including phenoxy) is 1. The van der Waals surface area contributed by atoms with E-state index in [4.69, 9.17) is 10.5 Å². The van der Waals surface area contributed by atoms with Crippen LogP contribution in [0.15, 0.2) is 18.3 Å².